The Bertz CT molecular complexity index is 1100. The van der Waals surface area contributed by atoms with Crippen LogP contribution in [0.4, 0.5) is 11.4 Å². The molecule has 0 aliphatic carbocycles. The van der Waals surface area contributed by atoms with Crippen LogP contribution in [0.3, 0.4) is 0 Å². The predicted molar refractivity (Wildman–Crippen MR) is 125 cm³/mol. The molecule has 178 valence electrons. The van der Waals surface area contributed by atoms with Crippen LogP contribution < -0.4 is 9.62 Å². The second-order valence-electron chi connectivity index (χ2n) is 7.89. The lowest BCUT2D eigenvalue weighted by Crippen LogP contribution is -2.52. The highest BCUT2D eigenvalue weighted by Crippen LogP contribution is 2.23. The first-order chi connectivity index (χ1) is 15.4. The summed E-state index contributed by atoms with van der Waals surface area (Å²) in [5, 5.41) is 13.9. The molecule has 0 unspecified atom stereocenters. The molecule has 2 rings (SSSR count). The van der Waals surface area contributed by atoms with Gasteiger partial charge in [0.05, 0.1) is 16.9 Å². The smallest absolute Gasteiger partial charge is 0.271 e. The number of carbonyl (C=O) groups excluding carboxylic acids is 2. The molecule has 11 heteroatoms. The van der Waals surface area contributed by atoms with Gasteiger partial charge in [-0.25, -0.2) is 8.42 Å². The summed E-state index contributed by atoms with van der Waals surface area (Å²) in [5.41, 5.74) is 0.440. The molecule has 0 bridgehead atoms. The maximum absolute atomic E-state index is 13.3. The number of rotatable bonds is 10. The molecule has 0 saturated heterocycles. The summed E-state index contributed by atoms with van der Waals surface area (Å²) in [6.45, 7) is 4.62. The van der Waals surface area contributed by atoms with Crippen molar-refractivity contribution in [2.24, 2.45) is 0 Å². The molecule has 2 aromatic rings. The monoisotopic (exact) mass is 476 g/mol. The highest BCUT2D eigenvalue weighted by Gasteiger charge is 2.30. The van der Waals surface area contributed by atoms with E-state index in [1.165, 1.54) is 23.1 Å². The van der Waals surface area contributed by atoms with Crippen molar-refractivity contribution in [1.29, 1.82) is 0 Å². The van der Waals surface area contributed by atoms with Crippen LogP contribution in [0.5, 0.6) is 0 Å². The van der Waals surface area contributed by atoms with Crippen LogP contribution in [-0.2, 0) is 26.2 Å². The molecule has 2 amide bonds. The molecule has 0 aromatic heterocycles. The summed E-state index contributed by atoms with van der Waals surface area (Å²) < 4.78 is 25.8. The number of anilines is 1. The number of non-ortho nitro benzene ring substituents is 1. The topological polar surface area (TPSA) is 130 Å². The number of nitrogens with zero attached hydrogens (tertiary/aromatic N) is 3. The molecule has 1 N–H and O–H groups in total. The van der Waals surface area contributed by atoms with Gasteiger partial charge in [0.2, 0.25) is 21.8 Å². The number of sulfonamides is 1. The molecule has 0 fully saturated rings. The Kier molecular flexibility index (Phi) is 8.52. The van der Waals surface area contributed by atoms with E-state index in [2.05, 4.69) is 5.32 Å². The van der Waals surface area contributed by atoms with Crippen molar-refractivity contribution in [3.05, 3.63) is 70.3 Å². The molecule has 0 heterocycles. The van der Waals surface area contributed by atoms with Gasteiger partial charge in [0, 0.05) is 24.7 Å². The normalized spacial score (nSPS) is 12.2. The van der Waals surface area contributed by atoms with Gasteiger partial charge in [0.25, 0.3) is 5.69 Å². The Morgan fingerprint density at radius 3 is 2.24 bits per heavy atom. The number of carbonyl (C=O) groups is 2. The van der Waals surface area contributed by atoms with Crippen LogP contribution in [0.2, 0.25) is 0 Å². The van der Waals surface area contributed by atoms with Gasteiger partial charge >= 0.3 is 0 Å². The van der Waals surface area contributed by atoms with Gasteiger partial charge in [-0.2, -0.15) is 0 Å². The Labute approximate surface area is 193 Å². The summed E-state index contributed by atoms with van der Waals surface area (Å²) in [5.74, 6) is -1.00. The molecule has 33 heavy (non-hydrogen) atoms. The van der Waals surface area contributed by atoms with E-state index in [-0.39, 0.29) is 29.9 Å². The summed E-state index contributed by atoms with van der Waals surface area (Å²) in [7, 11) is -3.96. The number of nitrogens with one attached hydrogen (secondary N) is 1. The summed E-state index contributed by atoms with van der Waals surface area (Å²) in [6, 6.07) is 13.0. The molecule has 0 aliphatic rings. The number of benzene rings is 2. The van der Waals surface area contributed by atoms with Crippen molar-refractivity contribution in [2.75, 3.05) is 17.1 Å². The zero-order valence-electron chi connectivity index (χ0n) is 19.0. The van der Waals surface area contributed by atoms with Crippen molar-refractivity contribution >= 4 is 33.2 Å². The van der Waals surface area contributed by atoms with Gasteiger partial charge in [0.1, 0.15) is 12.6 Å². The van der Waals surface area contributed by atoms with Crippen molar-refractivity contribution in [1.82, 2.24) is 10.2 Å². The average molecular weight is 477 g/mol. The van der Waals surface area contributed by atoms with Gasteiger partial charge in [-0.3, -0.25) is 24.0 Å². The van der Waals surface area contributed by atoms with E-state index >= 15 is 0 Å². The maximum Gasteiger partial charge on any atom is 0.271 e. The molecule has 2 aromatic carbocycles. The Hall–Kier alpha value is -3.47. The highest BCUT2D eigenvalue weighted by atomic mass is 32.2. The van der Waals surface area contributed by atoms with Gasteiger partial charge < -0.3 is 10.2 Å². The minimum atomic E-state index is -3.96. The maximum atomic E-state index is 13.3. The van der Waals surface area contributed by atoms with E-state index in [4.69, 9.17) is 0 Å². The van der Waals surface area contributed by atoms with E-state index in [1.54, 1.807) is 45.0 Å². The molecule has 0 spiro atoms. The first-order valence-corrected chi connectivity index (χ1v) is 12.1. The zero-order chi connectivity index (χ0) is 24.8. The third kappa shape index (κ3) is 7.28. The lowest BCUT2D eigenvalue weighted by molar-refractivity contribution is -0.384. The standard InChI is InChI=1S/C22H28N4O6S/c1-16(2)23-22(28)17(3)24(14-18-9-6-5-7-10-18)21(27)15-25(33(4,31)32)19-11-8-12-20(13-19)26(29)30/h5-13,16-17H,14-15H2,1-4H3,(H,23,28)/t17-/m0/s1. The summed E-state index contributed by atoms with van der Waals surface area (Å²) in [6.07, 6.45) is 0.912. The minimum absolute atomic E-state index is 0.0148. The molecule has 10 nitrogen and oxygen atoms in total. The number of amides is 2. The largest absolute Gasteiger partial charge is 0.352 e. The quantitative estimate of drug-likeness (QED) is 0.414. The van der Waals surface area contributed by atoms with E-state index in [0.717, 1.165) is 22.2 Å². The Morgan fingerprint density at radius 2 is 1.70 bits per heavy atom. The van der Waals surface area contributed by atoms with E-state index in [0.29, 0.717) is 0 Å². The van der Waals surface area contributed by atoms with Crippen LogP contribution in [0.25, 0.3) is 0 Å². The number of hydrogen-bond donors (Lipinski definition) is 1. The van der Waals surface area contributed by atoms with Crippen LogP contribution in [0, 0.1) is 10.1 Å². The van der Waals surface area contributed by atoms with Crippen LogP contribution in [0.1, 0.15) is 26.3 Å². The summed E-state index contributed by atoms with van der Waals surface area (Å²) >= 11 is 0. The van der Waals surface area contributed by atoms with E-state index < -0.39 is 33.4 Å². The average Bonchev–Trinajstić information content (AvgIpc) is 2.74. The number of hydrogen-bond acceptors (Lipinski definition) is 6. The lowest BCUT2D eigenvalue weighted by Gasteiger charge is -2.31. The van der Waals surface area contributed by atoms with Crippen molar-refractivity contribution in [3.8, 4) is 0 Å². The molecule has 1 atom stereocenters. The first-order valence-electron chi connectivity index (χ1n) is 10.3. The van der Waals surface area contributed by atoms with Crippen LogP contribution >= 0.6 is 0 Å². The van der Waals surface area contributed by atoms with E-state index in [9.17, 15) is 28.1 Å². The zero-order valence-corrected chi connectivity index (χ0v) is 19.8. The van der Waals surface area contributed by atoms with Crippen LogP contribution in [-0.4, -0.2) is 54.9 Å². The third-order valence-electron chi connectivity index (χ3n) is 4.80. The van der Waals surface area contributed by atoms with Gasteiger partial charge in [-0.15, -0.1) is 0 Å². The fourth-order valence-electron chi connectivity index (χ4n) is 3.14. The Balaban J connectivity index is 2.40. The fraction of sp³-hybridized carbons (Fsp3) is 0.364. The first kappa shape index (κ1) is 25.8. The second-order valence-corrected chi connectivity index (χ2v) is 9.80. The lowest BCUT2D eigenvalue weighted by atomic mass is 10.1. The molecular weight excluding hydrogens is 448 g/mol. The van der Waals surface area contributed by atoms with Gasteiger partial charge in [-0.05, 0) is 32.4 Å². The van der Waals surface area contributed by atoms with Crippen LogP contribution in [0.15, 0.2) is 54.6 Å². The predicted octanol–water partition coefficient (Wildman–Crippen LogP) is 2.30. The van der Waals surface area contributed by atoms with Crippen molar-refractivity contribution < 1.29 is 22.9 Å². The SMILES string of the molecule is CC(C)NC(=O)[C@H](C)N(Cc1ccccc1)C(=O)CN(c1cccc([N+](=O)[O-])c1)S(C)(=O)=O. The molecule has 0 radical (unpaired) electrons. The third-order valence-corrected chi connectivity index (χ3v) is 5.94. The molecule has 0 saturated carbocycles. The van der Waals surface area contributed by atoms with Crippen molar-refractivity contribution in [2.45, 2.75) is 39.4 Å². The number of nitro benzene ring substituents is 1. The van der Waals surface area contributed by atoms with Gasteiger partial charge in [0.15, 0.2) is 0 Å². The fourth-order valence-corrected chi connectivity index (χ4v) is 3.98. The van der Waals surface area contributed by atoms with Crippen molar-refractivity contribution in [3.63, 3.8) is 0 Å². The Morgan fingerprint density at radius 1 is 1.06 bits per heavy atom. The second kappa shape index (κ2) is 10.9. The molecular formula is C22H28N4O6S. The minimum Gasteiger partial charge on any atom is -0.352 e. The van der Waals surface area contributed by atoms with Gasteiger partial charge in [-0.1, -0.05) is 36.4 Å². The van der Waals surface area contributed by atoms with E-state index in [1.807, 2.05) is 6.07 Å². The highest BCUT2D eigenvalue weighted by molar-refractivity contribution is 7.92. The number of nitro groups is 1. The molecule has 0 aliphatic heterocycles. The summed E-state index contributed by atoms with van der Waals surface area (Å²) in [4.78, 5) is 37.8.